The van der Waals surface area contributed by atoms with Crippen molar-refractivity contribution in [1.82, 2.24) is 9.97 Å². The maximum atomic E-state index is 13.4. The molecule has 3 heterocycles. The van der Waals surface area contributed by atoms with Crippen molar-refractivity contribution in [2.45, 2.75) is 26.7 Å². The number of hydrogen-bond acceptors (Lipinski definition) is 6. The van der Waals surface area contributed by atoms with E-state index in [0.29, 0.717) is 54.0 Å². The number of nitrogens with zero attached hydrogens (tertiary/aromatic N) is 4. The van der Waals surface area contributed by atoms with Crippen LogP contribution in [0.3, 0.4) is 0 Å². The van der Waals surface area contributed by atoms with Crippen LogP contribution in [0.15, 0.2) is 60.8 Å². The van der Waals surface area contributed by atoms with Gasteiger partial charge < -0.3 is 19.6 Å². The Balaban J connectivity index is 1.37. The monoisotopic (exact) mass is 544 g/mol. The van der Waals surface area contributed by atoms with Gasteiger partial charge in [0.1, 0.15) is 16.7 Å². The summed E-state index contributed by atoms with van der Waals surface area (Å²) in [5, 5.41) is 11.6. The number of aromatic nitrogens is 2. The van der Waals surface area contributed by atoms with Crippen LogP contribution in [0, 0.1) is 5.92 Å². The number of rotatable bonds is 8. The topological polar surface area (TPSA) is 95.9 Å². The highest BCUT2D eigenvalue weighted by Gasteiger charge is 2.31. The summed E-state index contributed by atoms with van der Waals surface area (Å²) >= 11 is 6.18. The van der Waals surface area contributed by atoms with Gasteiger partial charge in [-0.3, -0.25) is 9.59 Å². The number of anilines is 3. The smallest absolute Gasteiger partial charge is 0.306 e. The van der Waals surface area contributed by atoms with Crippen LogP contribution in [-0.4, -0.2) is 47.2 Å². The van der Waals surface area contributed by atoms with E-state index in [1.807, 2.05) is 54.3 Å². The Morgan fingerprint density at radius 3 is 2.62 bits per heavy atom. The van der Waals surface area contributed by atoms with Crippen LogP contribution in [0.2, 0.25) is 5.15 Å². The first-order valence-electron chi connectivity index (χ1n) is 12.9. The number of carbonyl (C=O) groups is 2. The van der Waals surface area contributed by atoms with Gasteiger partial charge in [-0.15, -0.1) is 0 Å². The van der Waals surface area contributed by atoms with Gasteiger partial charge in [-0.25, -0.2) is 9.97 Å². The maximum absolute atomic E-state index is 13.4. The Labute approximate surface area is 231 Å². The molecular formula is C30H29ClN4O4. The molecule has 0 saturated heterocycles. The van der Waals surface area contributed by atoms with Gasteiger partial charge in [0.05, 0.1) is 23.8 Å². The van der Waals surface area contributed by atoms with Gasteiger partial charge >= 0.3 is 5.97 Å². The Morgan fingerprint density at radius 1 is 1.10 bits per heavy atom. The zero-order valence-electron chi connectivity index (χ0n) is 22.0. The van der Waals surface area contributed by atoms with E-state index in [4.69, 9.17) is 16.3 Å². The maximum Gasteiger partial charge on any atom is 0.306 e. The minimum absolute atomic E-state index is 0.168. The lowest BCUT2D eigenvalue weighted by Gasteiger charge is -2.23. The predicted molar refractivity (Wildman–Crippen MR) is 153 cm³/mol. The van der Waals surface area contributed by atoms with Crippen molar-refractivity contribution in [1.29, 1.82) is 0 Å². The third-order valence-electron chi connectivity index (χ3n) is 7.04. The molecule has 5 rings (SSSR count). The Hall–Kier alpha value is -4.17. The summed E-state index contributed by atoms with van der Waals surface area (Å²) in [6.07, 6.45) is 2.76. The number of aliphatic carboxylic acids is 1. The summed E-state index contributed by atoms with van der Waals surface area (Å²) in [5.41, 5.74) is 3.01. The van der Waals surface area contributed by atoms with Crippen molar-refractivity contribution in [2.75, 3.05) is 30.0 Å². The van der Waals surface area contributed by atoms with Crippen molar-refractivity contribution < 1.29 is 19.4 Å². The van der Waals surface area contributed by atoms with Crippen LogP contribution in [0.25, 0.3) is 10.8 Å². The fourth-order valence-electron chi connectivity index (χ4n) is 4.91. The second-order valence-corrected chi connectivity index (χ2v) is 10.00. The molecule has 39 heavy (non-hydrogen) atoms. The number of amides is 1. The molecule has 2 aromatic carbocycles. The number of fused-ring (bicyclic) bond motifs is 3. The highest BCUT2D eigenvalue weighted by atomic mass is 35.5. The van der Waals surface area contributed by atoms with Crippen LogP contribution < -0.4 is 14.5 Å². The molecule has 4 aromatic rings. The van der Waals surface area contributed by atoms with E-state index in [-0.39, 0.29) is 5.91 Å². The van der Waals surface area contributed by atoms with Crippen LogP contribution >= 0.6 is 11.6 Å². The molecule has 1 aliphatic heterocycles. The van der Waals surface area contributed by atoms with Gasteiger partial charge in [-0.2, -0.15) is 0 Å². The quantitative estimate of drug-likeness (QED) is 0.275. The average Bonchev–Trinajstić information content (AvgIpc) is 3.02. The van der Waals surface area contributed by atoms with Crippen molar-refractivity contribution in [3.8, 4) is 5.75 Å². The van der Waals surface area contributed by atoms with Gasteiger partial charge in [0.15, 0.2) is 5.82 Å². The number of carbonyl (C=O) groups excluding carboxylic acids is 1. The molecule has 9 heteroatoms. The van der Waals surface area contributed by atoms with E-state index in [1.165, 1.54) is 0 Å². The normalized spacial score (nSPS) is 13.6. The average molecular weight is 545 g/mol. The molecule has 1 aliphatic rings. The predicted octanol–water partition coefficient (Wildman–Crippen LogP) is 5.92. The largest absolute Gasteiger partial charge is 0.493 e. The second kappa shape index (κ2) is 10.9. The molecule has 2 aromatic heterocycles. The Kier molecular flexibility index (Phi) is 7.39. The fourth-order valence-corrected chi connectivity index (χ4v) is 5.06. The molecule has 0 radical (unpaired) electrons. The van der Waals surface area contributed by atoms with E-state index in [1.54, 1.807) is 37.2 Å². The number of pyridine rings is 2. The molecule has 0 bridgehead atoms. The summed E-state index contributed by atoms with van der Waals surface area (Å²) < 4.78 is 6.18. The number of carboxylic acid groups (broad SMARTS) is 1. The van der Waals surface area contributed by atoms with Crippen LogP contribution in [-0.2, 0) is 17.6 Å². The summed E-state index contributed by atoms with van der Waals surface area (Å²) in [6.45, 7) is 4.64. The molecule has 0 saturated carbocycles. The molecule has 0 spiro atoms. The number of carboxylic acids is 1. The minimum atomic E-state index is -0.815. The molecule has 0 fully saturated rings. The lowest BCUT2D eigenvalue weighted by molar-refractivity contribution is -0.141. The van der Waals surface area contributed by atoms with Gasteiger partial charge in [0.25, 0.3) is 5.91 Å². The Bertz CT molecular complexity index is 1570. The lowest BCUT2D eigenvalue weighted by Crippen LogP contribution is -2.25. The summed E-state index contributed by atoms with van der Waals surface area (Å²) in [6, 6.07) is 17.0. The summed E-state index contributed by atoms with van der Waals surface area (Å²) in [7, 11) is 1.72. The van der Waals surface area contributed by atoms with Gasteiger partial charge in [0, 0.05) is 31.6 Å². The number of benzene rings is 2. The molecule has 1 N–H and O–H groups in total. The minimum Gasteiger partial charge on any atom is -0.493 e. The number of hydrogen-bond donors (Lipinski definition) is 1. The van der Waals surface area contributed by atoms with Crippen molar-refractivity contribution in [3.05, 3.63) is 82.6 Å². The highest BCUT2D eigenvalue weighted by Crippen LogP contribution is 2.38. The van der Waals surface area contributed by atoms with Crippen LogP contribution in [0.5, 0.6) is 5.75 Å². The third-order valence-corrected chi connectivity index (χ3v) is 7.25. The molecule has 0 aliphatic carbocycles. The SMILES string of the molecule is CCN1c2ncc(CCOc3ccc(CC(C)C(=O)O)c4ccccc34)cc2C(=O)N(C)c2ccc(Cl)nc21. The molecule has 1 atom stereocenters. The van der Waals surface area contributed by atoms with Gasteiger partial charge in [-0.05, 0) is 54.1 Å². The lowest BCUT2D eigenvalue weighted by atomic mass is 9.95. The molecule has 1 unspecified atom stereocenters. The van der Waals surface area contributed by atoms with Crippen molar-refractivity contribution >= 4 is 51.6 Å². The standard InChI is InChI=1S/C30H29ClN4O4/c1-4-35-27-23(29(36)34(3)24-10-12-26(31)33-28(24)35)16-19(17-32-27)13-14-39-25-11-9-20(15-18(2)30(37)38)21-7-5-6-8-22(21)25/h5-12,16-18H,4,13-15H2,1-3H3,(H,37,38). The zero-order chi connectivity index (χ0) is 27.7. The second-order valence-electron chi connectivity index (χ2n) is 9.61. The molecule has 1 amide bonds. The van der Waals surface area contributed by atoms with E-state index in [2.05, 4.69) is 9.97 Å². The van der Waals surface area contributed by atoms with E-state index in [0.717, 1.165) is 27.6 Å². The van der Waals surface area contributed by atoms with E-state index in [9.17, 15) is 14.7 Å². The van der Waals surface area contributed by atoms with Crippen LogP contribution in [0.4, 0.5) is 17.3 Å². The van der Waals surface area contributed by atoms with Gasteiger partial charge in [-0.1, -0.05) is 48.9 Å². The summed E-state index contributed by atoms with van der Waals surface area (Å²) in [4.78, 5) is 37.4. The number of ether oxygens (including phenoxy) is 1. The van der Waals surface area contributed by atoms with E-state index < -0.39 is 11.9 Å². The highest BCUT2D eigenvalue weighted by molar-refractivity contribution is 6.29. The third kappa shape index (κ3) is 5.12. The fraction of sp³-hybridized carbons (Fsp3) is 0.267. The van der Waals surface area contributed by atoms with Crippen molar-refractivity contribution in [2.24, 2.45) is 5.92 Å². The zero-order valence-corrected chi connectivity index (χ0v) is 22.8. The Morgan fingerprint density at radius 2 is 1.87 bits per heavy atom. The molecule has 8 nitrogen and oxygen atoms in total. The number of halogens is 1. The van der Waals surface area contributed by atoms with E-state index >= 15 is 0 Å². The first-order chi connectivity index (χ1) is 18.8. The van der Waals surface area contributed by atoms with Crippen LogP contribution in [0.1, 0.15) is 35.3 Å². The first-order valence-corrected chi connectivity index (χ1v) is 13.2. The molecule has 200 valence electrons. The first kappa shape index (κ1) is 26.4. The summed E-state index contributed by atoms with van der Waals surface area (Å²) in [5.74, 6) is 0.405. The molecular weight excluding hydrogens is 516 g/mol. The van der Waals surface area contributed by atoms with Crippen molar-refractivity contribution in [3.63, 3.8) is 0 Å². The van der Waals surface area contributed by atoms with Gasteiger partial charge in [0.2, 0.25) is 0 Å².